The van der Waals surface area contributed by atoms with Gasteiger partial charge in [-0.3, -0.25) is 4.79 Å². The van der Waals surface area contributed by atoms with Gasteiger partial charge in [0.25, 0.3) is 0 Å². The smallest absolute Gasteiger partial charge is 0.238 e. The zero-order valence-corrected chi connectivity index (χ0v) is 9.14. The van der Waals surface area contributed by atoms with Crippen molar-refractivity contribution in [2.45, 2.75) is 19.8 Å². The van der Waals surface area contributed by atoms with Gasteiger partial charge in [0.1, 0.15) is 6.42 Å². The van der Waals surface area contributed by atoms with Crippen LogP contribution in [0.15, 0.2) is 18.2 Å². The van der Waals surface area contributed by atoms with Gasteiger partial charge in [-0.05, 0) is 24.1 Å². The van der Waals surface area contributed by atoms with Crippen LogP contribution in [0.2, 0.25) is 5.02 Å². The molecule has 0 saturated carbocycles. The number of amides is 1. The molecule has 0 radical (unpaired) electrons. The average molecular weight is 223 g/mol. The summed E-state index contributed by atoms with van der Waals surface area (Å²) in [6.45, 7) is 1.99. The molecule has 0 bridgehead atoms. The van der Waals surface area contributed by atoms with Crippen LogP contribution >= 0.6 is 11.6 Å². The molecule has 78 valence electrons. The molecule has 0 atom stereocenters. The Kier molecular flexibility index (Phi) is 4.14. The maximum Gasteiger partial charge on any atom is 0.238 e. The highest BCUT2D eigenvalue weighted by Crippen LogP contribution is 2.21. The Balaban J connectivity index is 2.88. The Morgan fingerprint density at radius 3 is 2.93 bits per heavy atom. The van der Waals surface area contributed by atoms with Gasteiger partial charge in [0, 0.05) is 10.7 Å². The van der Waals surface area contributed by atoms with Crippen LogP contribution in [0.5, 0.6) is 0 Å². The van der Waals surface area contributed by atoms with Gasteiger partial charge in [0.15, 0.2) is 0 Å². The Bertz CT molecular complexity index is 410. The van der Waals surface area contributed by atoms with E-state index in [1.54, 1.807) is 18.2 Å². The zero-order valence-electron chi connectivity index (χ0n) is 8.38. The number of hydrogen-bond acceptors (Lipinski definition) is 2. The quantitative estimate of drug-likeness (QED) is 0.855. The van der Waals surface area contributed by atoms with E-state index >= 15 is 0 Å². The standard InChI is InChI=1S/C11H11ClN2O/c1-2-8-3-4-9(12)7-10(8)14-11(15)5-6-13/h3-4,7H,2,5H2,1H3,(H,14,15). The number of halogens is 1. The maximum absolute atomic E-state index is 11.2. The van der Waals surface area contributed by atoms with Crippen molar-refractivity contribution in [1.29, 1.82) is 5.26 Å². The van der Waals surface area contributed by atoms with Gasteiger partial charge < -0.3 is 5.32 Å². The maximum atomic E-state index is 11.2. The molecule has 0 spiro atoms. The lowest BCUT2D eigenvalue weighted by Gasteiger charge is -2.08. The number of aryl methyl sites for hydroxylation is 1. The minimum absolute atomic E-state index is 0.143. The van der Waals surface area contributed by atoms with Crippen molar-refractivity contribution in [3.63, 3.8) is 0 Å². The summed E-state index contributed by atoms with van der Waals surface area (Å²) < 4.78 is 0. The van der Waals surface area contributed by atoms with Crippen LogP contribution in [0.1, 0.15) is 18.9 Å². The molecule has 0 heterocycles. The third kappa shape index (κ3) is 3.26. The van der Waals surface area contributed by atoms with Crippen molar-refractivity contribution in [3.8, 4) is 6.07 Å². The zero-order chi connectivity index (χ0) is 11.3. The minimum Gasteiger partial charge on any atom is -0.325 e. The van der Waals surface area contributed by atoms with Gasteiger partial charge in [-0.15, -0.1) is 0 Å². The van der Waals surface area contributed by atoms with Gasteiger partial charge >= 0.3 is 0 Å². The van der Waals surface area contributed by atoms with Crippen molar-refractivity contribution in [1.82, 2.24) is 0 Å². The van der Waals surface area contributed by atoms with Crippen molar-refractivity contribution in [2.75, 3.05) is 5.32 Å². The lowest BCUT2D eigenvalue weighted by molar-refractivity contribution is -0.115. The number of nitrogens with one attached hydrogen (secondary N) is 1. The third-order valence-electron chi connectivity index (χ3n) is 1.97. The molecule has 1 N–H and O–H groups in total. The number of rotatable bonds is 3. The monoisotopic (exact) mass is 222 g/mol. The van der Waals surface area contributed by atoms with Gasteiger partial charge in [-0.1, -0.05) is 24.6 Å². The fourth-order valence-electron chi connectivity index (χ4n) is 1.24. The fourth-order valence-corrected chi connectivity index (χ4v) is 1.41. The second-order valence-electron chi connectivity index (χ2n) is 3.04. The summed E-state index contributed by atoms with van der Waals surface area (Å²) >= 11 is 5.82. The van der Waals surface area contributed by atoms with E-state index in [4.69, 9.17) is 16.9 Å². The first kappa shape index (κ1) is 11.5. The molecule has 0 aliphatic carbocycles. The van der Waals surface area contributed by atoms with Crippen LogP contribution in [0, 0.1) is 11.3 Å². The van der Waals surface area contributed by atoms with E-state index in [0.717, 1.165) is 12.0 Å². The van der Waals surface area contributed by atoms with E-state index in [-0.39, 0.29) is 12.3 Å². The molecular weight excluding hydrogens is 212 g/mol. The van der Waals surface area contributed by atoms with E-state index in [1.807, 2.05) is 13.0 Å². The SMILES string of the molecule is CCc1ccc(Cl)cc1NC(=O)CC#N. The average Bonchev–Trinajstić information content (AvgIpc) is 2.18. The predicted octanol–water partition coefficient (Wildman–Crippen LogP) is 2.75. The molecule has 0 saturated heterocycles. The Hall–Kier alpha value is -1.53. The van der Waals surface area contributed by atoms with E-state index in [0.29, 0.717) is 10.7 Å². The Labute approximate surface area is 93.7 Å². The summed E-state index contributed by atoms with van der Waals surface area (Å²) in [7, 11) is 0. The van der Waals surface area contributed by atoms with Crippen molar-refractivity contribution in [3.05, 3.63) is 28.8 Å². The molecule has 0 unspecified atom stereocenters. The van der Waals surface area contributed by atoms with Gasteiger partial charge in [0.2, 0.25) is 5.91 Å². The second-order valence-corrected chi connectivity index (χ2v) is 3.47. The van der Waals surface area contributed by atoms with Gasteiger partial charge in [-0.25, -0.2) is 0 Å². The number of nitriles is 1. The molecule has 0 aromatic heterocycles. The lowest BCUT2D eigenvalue weighted by atomic mass is 10.1. The number of hydrogen-bond donors (Lipinski definition) is 1. The first-order valence-electron chi connectivity index (χ1n) is 4.62. The topological polar surface area (TPSA) is 52.9 Å². The Morgan fingerprint density at radius 1 is 1.60 bits per heavy atom. The number of benzene rings is 1. The van der Waals surface area contributed by atoms with E-state index in [9.17, 15) is 4.79 Å². The summed E-state index contributed by atoms with van der Waals surface area (Å²) in [6.07, 6.45) is 0.662. The van der Waals surface area contributed by atoms with Crippen LogP contribution < -0.4 is 5.32 Å². The summed E-state index contributed by atoms with van der Waals surface area (Å²) in [5.74, 6) is -0.311. The molecule has 0 aliphatic heterocycles. The summed E-state index contributed by atoms with van der Waals surface area (Å²) in [5.41, 5.74) is 1.69. The van der Waals surface area contributed by atoms with Crippen LogP contribution in [0.4, 0.5) is 5.69 Å². The van der Waals surface area contributed by atoms with E-state index in [2.05, 4.69) is 5.32 Å². The lowest BCUT2D eigenvalue weighted by Crippen LogP contribution is -2.11. The van der Waals surface area contributed by atoms with Crippen molar-refractivity contribution < 1.29 is 4.79 Å². The number of carbonyl (C=O) groups is 1. The molecule has 15 heavy (non-hydrogen) atoms. The van der Waals surface area contributed by atoms with Crippen molar-refractivity contribution in [2.24, 2.45) is 0 Å². The molecule has 1 amide bonds. The highest BCUT2D eigenvalue weighted by atomic mass is 35.5. The number of nitrogens with zero attached hydrogens (tertiary/aromatic N) is 1. The van der Waals surface area contributed by atoms with E-state index in [1.165, 1.54) is 0 Å². The van der Waals surface area contributed by atoms with Crippen LogP contribution in [0.25, 0.3) is 0 Å². The number of carbonyl (C=O) groups excluding carboxylic acids is 1. The highest BCUT2D eigenvalue weighted by molar-refractivity contribution is 6.31. The molecule has 1 rings (SSSR count). The molecule has 0 fully saturated rings. The highest BCUT2D eigenvalue weighted by Gasteiger charge is 2.05. The summed E-state index contributed by atoms with van der Waals surface area (Å²) in [4.78, 5) is 11.2. The molecule has 0 aliphatic rings. The largest absolute Gasteiger partial charge is 0.325 e. The molecule has 1 aromatic rings. The second kappa shape index (κ2) is 5.38. The normalized spacial score (nSPS) is 9.40. The van der Waals surface area contributed by atoms with Gasteiger partial charge in [0.05, 0.1) is 6.07 Å². The van der Waals surface area contributed by atoms with Crippen LogP contribution in [-0.4, -0.2) is 5.91 Å². The summed E-state index contributed by atoms with van der Waals surface area (Å²) in [5, 5.41) is 11.6. The minimum atomic E-state index is -0.311. The first-order chi connectivity index (χ1) is 7.17. The first-order valence-corrected chi connectivity index (χ1v) is 5.00. The molecular formula is C11H11ClN2O. The summed E-state index contributed by atoms with van der Waals surface area (Å²) in [6, 6.07) is 7.13. The predicted molar refractivity (Wildman–Crippen MR) is 59.7 cm³/mol. The molecule has 4 heteroatoms. The fraction of sp³-hybridized carbons (Fsp3) is 0.273. The molecule has 3 nitrogen and oxygen atoms in total. The Morgan fingerprint density at radius 2 is 2.33 bits per heavy atom. The van der Waals surface area contributed by atoms with Crippen molar-refractivity contribution >= 4 is 23.2 Å². The number of anilines is 1. The molecule has 1 aromatic carbocycles. The van der Waals surface area contributed by atoms with Gasteiger partial charge in [-0.2, -0.15) is 5.26 Å². The van der Waals surface area contributed by atoms with E-state index < -0.39 is 0 Å². The van der Waals surface area contributed by atoms with Crippen LogP contribution in [0.3, 0.4) is 0 Å². The third-order valence-corrected chi connectivity index (χ3v) is 2.20. The van der Waals surface area contributed by atoms with Crippen LogP contribution in [-0.2, 0) is 11.2 Å².